The van der Waals surface area contributed by atoms with Crippen LogP contribution in [0.3, 0.4) is 0 Å². The van der Waals surface area contributed by atoms with Gasteiger partial charge in [-0.3, -0.25) is 23.9 Å². The van der Waals surface area contributed by atoms with Gasteiger partial charge in [0.2, 0.25) is 5.78 Å². The minimum Gasteiger partial charge on any atom is -0.363 e. The smallest absolute Gasteiger partial charge is 0.287 e. The third-order valence-electron chi connectivity index (χ3n) is 4.20. The molecule has 3 rings (SSSR count). The molecular formula is C20H16N6O3. The van der Waals surface area contributed by atoms with E-state index in [1.54, 1.807) is 30.3 Å². The largest absolute Gasteiger partial charge is 0.363 e. The summed E-state index contributed by atoms with van der Waals surface area (Å²) in [6.07, 6.45) is 5.61. The Bertz CT molecular complexity index is 1100. The van der Waals surface area contributed by atoms with Gasteiger partial charge in [0.05, 0.1) is 23.8 Å². The number of carbonyl (C=O) groups excluding carboxylic acids is 3. The molecule has 144 valence electrons. The SMILES string of the molecule is N#Cc1cnccc1-n1cncc1C(=O)NC(Cc1ccccc1)C(=O)C(N)=O. The van der Waals surface area contributed by atoms with E-state index in [1.165, 1.54) is 29.5 Å². The number of carbonyl (C=O) groups is 3. The predicted molar refractivity (Wildman–Crippen MR) is 102 cm³/mol. The number of imidazole rings is 1. The number of pyridine rings is 1. The molecule has 3 aromatic rings. The zero-order chi connectivity index (χ0) is 20.8. The fourth-order valence-corrected chi connectivity index (χ4v) is 2.80. The number of nitrogens with zero attached hydrogens (tertiary/aromatic N) is 4. The van der Waals surface area contributed by atoms with Gasteiger partial charge in [0.1, 0.15) is 17.8 Å². The first-order chi connectivity index (χ1) is 14.0. The Morgan fingerprint density at radius 1 is 1.14 bits per heavy atom. The van der Waals surface area contributed by atoms with Crippen molar-refractivity contribution in [3.63, 3.8) is 0 Å². The fourth-order valence-electron chi connectivity index (χ4n) is 2.80. The van der Waals surface area contributed by atoms with E-state index in [1.807, 2.05) is 12.1 Å². The van der Waals surface area contributed by atoms with E-state index in [2.05, 4.69) is 15.3 Å². The molecule has 0 aliphatic carbocycles. The molecule has 0 spiro atoms. The number of benzene rings is 1. The molecule has 0 fully saturated rings. The highest BCUT2D eigenvalue weighted by Gasteiger charge is 2.27. The zero-order valence-electron chi connectivity index (χ0n) is 15.1. The number of primary amides is 1. The Labute approximate surface area is 165 Å². The molecule has 2 heterocycles. The minimum atomic E-state index is -1.14. The van der Waals surface area contributed by atoms with Crippen LogP contribution in [0.5, 0.6) is 0 Å². The third-order valence-corrected chi connectivity index (χ3v) is 4.20. The summed E-state index contributed by atoms with van der Waals surface area (Å²) < 4.78 is 1.41. The van der Waals surface area contributed by atoms with Gasteiger partial charge in [-0.25, -0.2) is 4.98 Å². The molecule has 0 aliphatic heterocycles. The van der Waals surface area contributed by atoms with Crippen LogP contribution >= 0.6 is 0 Å². The summed E-state index contributed by atoms with van der Waals surface area (Å²) in [5.41, 5.74) is 6.63. The Morgan fingerprint density at radius 2 is 1.90 bits per heavy atom. The van der Waals surface area contributed by atoms with Crippen LogP contribution in [0.4, 0.5) is 0 Å². The predicted octanol–water partition coefficient (Wildman–Crippen LogP) is 0.534. The molecule has 9 heteroatoms. The van der Waals surface area contributed by atoms with Gasteiger partial charge in [0, 0.05) is 18.8 Å². The van der Waals surface area contributed by atoms with Gasteiger partial charge < -0.3 is 11.1 Å². The monoisotopic (exact) mass is 388 g/mol. The van der Waals surface area contributed by atoms with Gasteiger partial charge in [0.25, 0.3) is 11.8 Å². The molecule has 1 atom stereocenters. The van der Waals surface area contributed by atoms with E-state index in [0.717, 1.165) is 5.56 Å². The van der Waals surface area contributed by atoms with Crippen LogP contribution in [0.1, 0.15) is 21.6 Å². The Balaban J connectivity index is 1.89. The van der Waals surface area contributed by atoms with Crippen LogP contribution < -0.4 is 11.1 Å². The average Bonchev–Trinajstić information content (AvgIpc) is 3.23. The van der Waals surface area contributed by atoms with Crippen LogP contribution in [0, 0.1) is 11.3 Å². The molecule has 0 aliphatic rings. The van der Waals surface area contributed by atoms with Crippen molar-refractivity contribution in [2.45, 2.75) is 12.5 Å². The number of amides is 2. The quantitative estimate of drug-likeness (QED) is 0.565. The standard InChI is InChI=1S/C20H16N6O3/c21-9-14-10-23-7-6-16(14)26-12-24-11-17(26)20(29)25-15(18(27)19(22)28)8-13-4-2-1-3-5-13/h1-7,10-12,15H,8H2,(H2,22,28)(H,25,29). The number of ketones is 1. The summed E-state index contributed by atoms with van der Waals surface area (Å²) in [4.78, 5) is 44.4. The molecule has 0 saturated heterocycles. The van der Waals surface area contributed by atoms with E-state index >= 15 is 0 Å². The summed E-state index contributed by atoms with van der Waals surface area (Å²) in [6.45, 7) is 0. The number of hydrogen-bond acceptors (Lipinski definition) is 6. The number of aromatic nitrogens is 3. The molecule has 0 saturated carbocycles. The molecule has 2 amide bonds. The zero-order valence-corrected chi connectivity index (χ0v) is 15.1. The van der Waals surface area contributed by atoms with Crippen molar-refractivity contribution in [2.75, 3.05) is 0 Å². The van der Waals surface area contributed by atoms with E-state index in [9.17, 15) is 19.6 Å². The maximum atomic E-state index is 12.9. The maximum absolute atomic E-state index is 12.9. The number of Topliss-reactive ketones (excluding diaryl/α,β-unsaturated/α-hetero) is 1. The van der Waals surface area contributed by atoms with E-state index in [0.29, 0.717) is 5.69 Å². The lowest BCUT2D eigenvalue weighted by molar-refractivity contribution is -0.137. The van der Waals surface area contributed by atoms with Gasteiger partial charge in [0.15, 0.2) is 0 Å². The summed E-state index contributed by atoms with van der Waals surface area (Å²) in [6, 6.07) is 11.3. The van der Waals surface area contributed by atoms with Crippen molar-refractivity contribution >= 4 is 17.6 Å². The van der Waals surface area contributed by atoms with E-state index in [-0.39, 0.29) is 17.7 Å². The molecule has 9 nitrogen and oxygen atoms in total. The third kappa shape index (κ3) is 4.33. The fraction of sp³-hybridized carbons (Fsp3) is 0.100. The first-order valence-electron chi connectivity index (χ1n) is 8.56. The Morgan fingerprint density at radius 3 is 2.59 bits per heavy atom. The second kappa shape index (κ2) is 8.58. The molecule has 1 unspecified atom stereocenters. The first-order valence-corrected chi connectivity index (χ1v) is 8.56. The van der Waals surface area contributed by atoms with Crippen LogP contribution in [0.15, 0.2) is 61.3 Å². The second-order valence-electron chi connectivity index (χ2n) is 6.10. The van der Waals surface area contributed by atoms with Crippen LogP contribution in [-0.4, -0.2) is 38.2 Å². The number of hydrogen-bond donors (Lipinski definition) is 2. The first kappa shape index (κ1) is 19.4. The van der Waals surface area contributed by atoms with Gasteiger partial charge in [-0.1, -0.05) is 30.3 Å². The number of nitrogens with one attached hydrogen (secondary N) is 1. The molecule has 0 radical (unpaired) electrons. The highest BCUT2D eigenvalue weighted by molar-refractivity contribution is 6.38. The highest BCUT2D eigenvalue weighted by atomic mass is 16.2. The van der Waals surface area contributed by atoms with Gasteiger partial charge >= 0.3 is 0 Å². The number of rotatable bonds is 7. The summed E-state index contributed by atoms with van der Waals surface area (Å²) >= 11 is 0. The summed E-state index contributed by atoms with van der Waals surface area (Å²) in [7, 11) is 0. The van der Waals surface area contributed by atoms with Crippen molar-refractivity contribution in [1.82, 2.24) is 19.9 Å². The van der Waals surface area contributed by atoms with E-state index < -0.39 is 23.6 Å². The van der Waals surface area contributed by atoms with Crippen LogP contribution in [-0.2, 0) is 16.0 Å². The second-order valence-corrected chi connectivity index (χ2v) is 6.10. The number of nitrogens with two attached hydrogens (primary N) is 1. The van der Waals surface area contributed by atoms with Crippen LogP contribution in [0.25, 0.3) is 5.69 Å². The molecule has 0 bridgehead atoms. The van der Waals surface area contributed by atoms with Crippen molar-refractivity contribution in [2.24, 2.45) is 5.73 Å². The molecule has 3 N–H and O–H groups in total. The molecule has 2 aromatic heterocycles. The van der Waals surface area contributed by atoms with Crippen LogP contribution in [0.2, 0.25) is 0 Å². The van der Waals surface area contributed by atoms with Gasteiger partial charge in [-0.05, 0) is 11.6 Å². The lowest BCUT2D eigenvalue weighted by Crippen LogP contribution is -2.47. The number of nitriles is 1. The molecular weight excluding hydrogens is 372 g/mol. The van der Waals surface area contributed by atoms with Crippen molar-refractivity contribution in [1.29, 1.82) is 5.26 Å². The minimum absolute atomic E-state index is 0.0861. The average molecular weight is 388 g/mol. The maximum Gasteiger partial charge on any atom is 0.287 e. The topological polar surface area (TPSA) is 144 Å². The summed E-state index contributed by atoms with van der Waals surface area (Å²) in [5, 5.41) is 11.8. The summed E-state index contributed by atoms with van der Waals surface area (Å²) in [5.74, 6) is -2.69. The van der Waals surface area contributed by atoms with Crippen molar-refractivity contribution < 1.29 is 14.4 Å². The Kier molecular flexibility index (Phi) is 5.75. The van der Waals surface area contributed by atoms with Gasteiger partial charge in [-0.2, -0.15) is 5.26 Å². The normalized spacial score (nSPS) is 11.3. The highest BCUT2D eigenvalue weighted by Crippen LogP contribution is 2.15. The van der Waals surface area contributed by atoms with Gasteiger partial charge in [-0.15, -0.1) is 0 Å². The lowest BCUT2D eigenvalue weighted by atomic mass is 10.0. The van der Waals surface area contributed by atoms with E-state index in [4.69, 9.17) is 5.73 Å². The Hall–Kier alpha value is -4.32. The van der Waals surface area contributed by atoms with Crippen molar-refractivity contribution in [3.05, 3.63) is 78.1 Å². The van der Waals surface area contributed by atoms with Crippen molar-refractivity contribution in [3.8, 4) is 11.8 Å². The molecule has 1 aromatic carbocycles. The lowest BCUT2D eigenvalue weighted by Gasteiger charge is -2.17. The molecule has 29 heavy (non-hydrogen) atoms.